The van der Waals surface area contributed by atoms with Crippen molar-refractivity contribution in [2.75, 3.05) is 13.8 Å². The van der Waals surface area contributed by atoms with Crippen molar-refractivity contribution in [2.45, 2.75) is 25.6 Å². The number of hydrogen-bond donors (Lipinski definition) is 1. The van der Waals surface area contributed by atoms with Gasteiger partial charge in [0, 0.05) is 19.4 Å². The maximum Gasteiger partial charge on any atom is 0.330 e. The lowest BCUT2D eigenvalue weighted by Gasteiger charge is -2.22. The Bertz CT molecular complexity index is 528. The number of hydrogen-bond acceptors (Lipinski definition) is 5. The van der Waals surface area contributed by atoms with Crippen LogP contribution in [-0.4, -0.2) is 33.3 Å². The highest BCUT2D eigenvalue weighted by atomic mass is 127. The van der Waals surface area contributed by atoms with Crippen molar-refractivity contribution in [2.24, 2.45) is 0 Å². The predicted octanol–water partition coefficient (Wildman–Crippen LogP) is 1.63. The molecule has 0 aliphatic rings. The summed E-state index contributed by atoms with van der Waals surface area (Å²) in [6.45, 7) is 0.931. The summed E-state index contributed by atoms with van der Waals surface area (Å²) in [5.41, 5.74) is -1.22. The summed E-state index contributed by atoms with van der Waals surface area (Å²) in [7, 11) is 1.58. The van der Waals surface area contributed by atoms with Crippen LogP contribution in [0.5, 0.6) is 0 Å². The minimum absolute atomic E-state index is 0.153. The minimum Gasteiger partial charge on any atom is -0.353 e. The van der Waals surface area contributed by atoms with E-state index in [0.717, 1.165) is 10.6 Å². The molecule has 0 bridgehead atoms. The average molecular weight is 416 g/mol. The van der Waals surface area contributed by atoms with Crippen LogP contribution in [0.1, 0.15) is 13.2 Å². The van der Waals surface area contributed by atoms with Crippen LogP contribution >= 0.6 is 34.3 Å². The van der Waals surface area contributed by atoms with Crippen LogP contribution in [0.15, 0.2) is 21.9 Å². The van der Waals surface area contributed by atoms with E-state index in [0.29, 0.717) is 6.32 Å². The number of H-pyrrole nitrogens is 1. The molecule has 112 valence electrons. The van der Waals surface area contributed by atoms with Gasteiger partial charge in [0.2, 0.25) is 0 Å². The van der Waals surface area contributed by atoms with Crippen LogP contribution in [0, 0.1) is 0 Å². The zero-order valence-corrected chi connectivity index (χ0v) is 14.0. The molecule has 2 unspecified atom stereocenters. The van der Waals surface area contributed by atoms with E-state index in [9.17, 15) is 14.0 Å². The number of nitrogens with one attached hydrogen (secondary N) is 1. The van der Waals surface area contributed by atoms with E-state index in [1.54, 1.807) is 14.0 Å². The second-order valence-corrected chi connectivity index (χ2v) is 7.43. The molecule has 0 amide bonds. The maximum atomic E-state index is 13.1. The third-order valence-electron chi connectivity index (χ3n) is 2.40. The summed E-state index contributed by atoms with van der Waals surface area (Å²) in [4.78, 5) is 24.6. The Hall–Kier alpha value is -0.325. The first-order chi connectivity index (χ1) is 9.47. The van der Waals surface area contributed by atoms with Crippen LogP contribution < -0.4 is 11.2 Å². The lowest BCUT2D eigenvalue weighted by Crippen LogP contribution is -2.34. The van der Waals surface area contributed by atoms with Gasteiger partial charge in [-0.1, -0.05) is 11.9 Å². The molecule has 0 aromatic carbocycles. The van der Waals surface area contributed by atoms with Crippen molar-refractivity contribution >= 4 is 38.1 Å². The first-order valence-corrected chi connectivity index (χ1v) is 7.89. The van der Waals surface area contributed by atoms with Crippen LogP contribution in [-0.2, 0) is 8.92 Å². The number of nitrogens with zero attached hydrogens (tertiary/aromatic N) is 1. The standard InChI is InChI=1S/C10H15BFIN2O4S/c1-7(5-11(13)20-18-2)19-9(6-12)15-4-3-8(16)14-10(15)17/h3-4,7,9H,5-6H2,1-2H3,(H,14,16,17). The molecule has 2 atom stereocenters. The molecule has 0 aliphatic heterocycles. The third kappa shape index (κ3) is 5.58. The fraction of sp³-hybridized carbons (Fsp3) is 0.600. The molecule has 0 aliphatic carbocycles. The minimum atomic E-state index is -1.05. The van der Waals surface area contributed by atoms with E-state index in [2.05, 4.69) is 27.4 Å². The molecule has 1 heterocycles. The van der Waals surface area contributed by atoms with Crippen molar-refractivity contribution in [1.82, 2.24) is 9.55 Å². The van der Waals surface area contributed by atoms with Gasteiger partial charge in [-0.3, -0.25) is 14.3 Å². The third-order valence-corrected chi connectivity index (χ3v) is 4.13. The van der Waals surface area contributed by atoms with Crippen LogP contribution in [0.3, 0.4) is 0 Å². The number of ether oxygens (including phenoxy) is 1. The molecule has 0 saturated heterocycles. The fourth-order valence-electron chi connectivity index (χ4n) is 1.56. The van der Waals surface area contributed by atoms with Crippen molar-refractivity contribution in [1.29, 1.82) is 0 Å². The lowest BCUT2D eigenvalue weighted by atomic mass is 9.98. The Balaban J connectivity index is 2.71. The fourth-order valence-corrected chi connectivity index (χ4v) is 3.46. The van der Waals surface area contributed by atoms with Gasteiger partial charge in [-0.25, -0.2) is 9.18 Å². The van der Waals surface area contributed by atoms with Gasteiger partial charge in [0.25, 0.3) is 5.56 Å². The summed E-state index contributed by atoms with van der Waals surface area (Å²) in [5, 5.41) is 0. The van der Waals surface area contributed by atoms with Crippen LogP contribution in [0.4, 0.5) is 4.39 Å². The summed E-state index contributed by atoms with van der Waals surface area (Å²) in [5.74, 6) is 0. The zero-order chi connectivity index (χ0) is 15.1. The van der Waals surface area contributed by atoms with Gasteiger partial charge in [-0.15, -0.1) is 22.4 Å². The highest BCUT2D eigenvalue weighted by Crippen LogP contribution is 2.22. The summed E-state index contributed by atoms with van der Waals surface area (Å²) in [6.07, 6.45) is 0.543. The molecule has 1 aromatic rings. The van der Waals surface area contributed by atoms with Gasteiger partial charge in [0.15, 0.2) is 6.23 Å². The quantitative estimate of drug-likeness (QED) is 0.397. The SMILES string of the molecule is COSB(I)CC(C)OC(CF)n1ccc(=O)[nH]c1=O. The molecule has 0 spiro atoms. The number of aromatic nitrogens is 2. The number of alkyl halides is 1. The molecule has 1 rings (SSSR count). The van der Waals surface area contributed by atoms with E-state index < -0.39 is 24.2 Å². The topological polar surface area (TPSA) is 73.3 Å². The second-order valence-electron chi connectivity index (χ2n) is 3.98. The summed E-state index contributed by atoms with van der Waals surface area (Å²) >= 11 is 3.48. The van der Waals surface area contributed by atoms with Gasteiger partial charge < -0.3 is 8.92 Å². The van der Waals surface area contributed by atoms with Crippen molar-refractivity contribution in [3.63, 3.8) is 0 Å². The van der Waals surface area contributed by atoms with E-state index in [1.165, 1.54) is 18.1 Å². The zero-order valence-electron chi connectivity index (χ0n) is 11.0. The molecule has 1 aromatic heterocycles. The Morgan fingerprint density at radius 1 is 1.60 bits per heavy atom. The molecule has 0 radical (unpaired) electrons. The van der Waals surface area contributed by atoms with E-state index in [4.69, 9.17) is 8.92 Å². The second kappa shape index (κ2) is 8.85. The summed E-state index contributed by atoms with van der Waals surface area (Å²) in [6, 6.07) is 1.15. The van der Waals surface area contributed by atoms with Crippen molar-refractivity contribution in [3.05, 3.63) is 33.1 Å². The first-order valence-electron chi connectivity index (χ1n) is 5.84. The lowest BCUT2D eigenvalue weighted by molar-refractivity contribution is -0.0523. The number of aromatic amines is 1. The maximum absolute atomic E-state index is 13.1. The molecule has 10 heteroatoms. The van der Waals surface area contributed by atoms with Crippen molar-refractivity contribution < 1.29 is 13.3 Å². The number of rotatable bonds is 8. The van der Waals surface area contributed by atoms with Crippen LogP contribution in [0.25, 0.3) is 0 Å². The molecule has 0 saturated carbocycles. The average Bonchev–Trinajstić information content (AvgIpc) is 2.36. The van der Waals surface area contributed by atoms with E-state index in [-0.39, 0.29) is 9.95 Å². The smallest absolute Gasteiger partial charge is 0.330 e. The monoisotopic (exact) mass is 416 g/mol. The van der Waals surface area contributed by atoms with E-state index >= 15 is 0 Å². The Labute approximate surface area is 133 Å². The van der Waals surface area contributed by atoms with Crippen LogP contribution in [0.2, 0.25) is 6.32 Å². The van der Waals surface area contributed by atoms with Gasteiger partial charge in [-0.05, 0) is 13.2 Å². The molecule has 20 heavy (non-hydrogen) atoms. The van der Waals surface area contributed by atoms with Gasteiger partial charge in [0.05, 0.1) is 6.10 Å². The predicted molar refractivity (Wildman–Crippen MR) is 86.1 cm³/mol. The van der Waals surface area contributed by atoms with Gasteiger partial charge in [-0.2, -0.15) is 0 Å². The van der Waals surface area contributed by atoms with Crippen molar-refractivity contribution in [3.8, 4) is 0 Å². The Kier molecular flexibility index (Phi) is 7.84. The van der Waals surface area contributed by atoms with Gasteiger partial charge >= 0.3 is 9.54 Å². The molecule has 0 fully saturated rings. The number of halogens is 2. The highest BCUT2D eigenvalue weighted by molar-refractivity contribution is 14.1. The van der Waals surface area contributed by atoms with E-state index in [1.807, 2.05) is 0 Å². The Morgan fingerprint density at radius 3 is 2.85 bits per heavy atom. The first kappa shape index (κ1) is 17.7. The Morgan fingerprint density at radius 2 is 2.30 bits per heavy atom. The summed E-state index contributed by atoms with van der Waals surface area (Å²) < 4.78 is 24.7. The van der Waals surface area contributed by atoms with Gasteiger partial charge in [0.1, 0.15) is 6.67 Å². The molecular weight excluding hydrogens is 401 g/mol. The normalized spacial score (nSPS) is 14.0. The molecule has 1 N–H and O–H groups in total. The molecule has 6 nitrogen and oxygen atoms in total. The molecular formula is C10H15BFIN2O4S. The largest absolute Gasteiger partial charge is 0.353 e. The highest BCUT2D eigenvalue weighted by Gasteiger charge is 2.21.